The number of anilines is 1. The summed E-state index contributed by atoms with van der Waals surface area (Å²) < 4.78 is 10.6. The summed E-state index contributed by atoms with van der Waals surface area (Å²) in [5, 5.41) is 18.4. The first-order valence-corrected chi connectivity index (χ1v) is 11.8. The lowest BCUT2D eigenvalue weighted by atomic mass is 9.89. The molecular weight excluding hydrogens is 502 g/mol. The molecule has 1 aromatic carbocycles. The summed E-state index contributed by atoms with van der Waals surface area (Å²) in [6, 6.07) is 7.18. The Morgan fingerprint density at radius 1 is 1.19 bits per heavy atom. The second-order valence-electron chi connectivity index (χ2n) is 7.53. The number of carboxylic acid groups (broad SMARTS) is 2. The number of nitrogens with zero attached hydrogens (tertiary/aromatic N) is 1. The van der Waals surface area contributed by atoms with Gasteiger partial charge in [0, 0.05) is 12.2 Å². The molecule has 2 N–H and O–H groups in total. The van der Waals surface area contributed by atoms with Crippen molar-refractivity contribution >= 4 is 51.0 Å². The molecule has 0 atom stereocenters. The van der Waals surface area contributed by atoms with Gasteiger partial charge in [-0.1, -0.05) is 31.4 Å². The number of carbonyl (C=O) groups excluding carboxylic acids is 1. The van der Waals surface area contributed by atoms with Crippen LogP contribution in [0.3, 0.4) is 0 Å². The molecule has 1 heterocycles. The topological polar surface area (TPSA) is 113 Å². The first-order chi connectivity index (χ1) is 15.3. The minimum Gasteiger partial charge on any atom is -0.479 e. The van der Waals surface area contributed by atoms with Crippen molar-refractivity contribution in [2.24, 2.45) is 5.92 Å². The van der Waals surface area contributed by atoms with Gasteiger partial charge in [-0.25, -0.2) is 14.4 Å². The van der Waals surface area contributed by atoms with E-state index in [-0.39, 0.29) is 10.6 Å². The molecule has 1 fully saturated rings. The zero-order valence-corrected chi connectivity index (χ0v) is 19.9. The van der Waals surface area contributed by atoms with Crippen LogP contribution in [0.25, 0.3) is 10.4 Å². The lowest BCUT2D eigenvalue weighted by molar-refractivity contribution is -0.139. The molecule has 8 nitrogen and oxygen atoms in total. The smallest absolute Gasteiger partial charge is 0.414 e. The van der Waals surface area contributed by atoms with Crippen LogP contribution in [0.5, 0.6) is 5.75 Å². The van der Waals surface area contributed by atoms with E-state index in [4.69, 9.17) is 14.6 Å². The van der Waals surface area contributed by atoms with Gasteiger partial charge in [0.1, 0.15) is 0 Å². The number of hydrogen-bond acceptors (Lipinski definition) is 6. The molecule has 0 saturated heterocycles. The van der Waals surface area contributed by atoms with Crippen molar-refractivity contribution in [1.29, 1.82) is 0 Å². The van der Waals surface area contributed by atoms with Gasteiger partial charge in [0.05, 0.1) is 16.5 Å². The molecule has 1 aliphatic carbocycles. The molecule has 0 spiro atoms. The third-order valence-corrected chi connectivity index (χ3v) is 7.55. The quantitative estimate of drug-likeness (QED) is 0.468. The van der Waals surface area contributed by atoms with E-state index >= 15 is 0 Å². The van der Waals surface area contributed by atoms with Crippen molar-refractivity contribution in [3.05, 3.63) is 33.6 Å². The minimum absolute atomic E-state index is 0.0302. The Morgan fingerprint density at radius 3 is 2.53 bits per heavy atom. The van der Waals surface area contributed by atoms with E-state index in [1.807, 2.05) is 6.07 Å². The van der Waals surface area contributed by atoms with Crippen LogP contribution in [0.4, 0.5) is 10.5 Å². The number of benzene rings is 1. The molecule has 0 unspecified atom stereocenters. The highest BCUT2D eigenvalue weighted by atomic mass is 79.9. The van der Waals surface area contributed by atoms with E-state index in [9.17, 15) is 19.5 Å². The SMILES string of the molecule is COC(=O)N(CC1CCCCC1)c1cccc(-c2sc(C(=O)O)c(OCC(=O)O)c2Br)c1. The highest BCUT2D eigenvalue weighted by Crippen LogP contribution is 2.46. The van der Waals surface area contributed by atoms with Crippen LogP contribution in [0.1, 0.15) is 41.8 Å². The molecule has 32 heavy (non-hydrogen) atoms. The van der Waals surface area contributed by atoms with E-state index in [0.717, 1.165) is 37.0 Å². The number of carbonyl (C=O) groups is 3. The third-order valence-electron chi connectivity index (χ3n) is 5.32. The summed E-state index contributed by atoms with van der Waals surface area (Å²) >= 11 is 4.34. The average molecular weight is 526 g/mol. The Morgan fingerprint density at radius 2 is 1.91 bits per heavy atom. The number of methoxy groups -OCH3 is 1. The largest absolute Gasteiger partial charge is 0.479 e. The number of aliphatic carboxylic acids is 1. The van der Waals surface area contributed by atoms with Gasteiger partial charge in [0.2, 0.25) is 0 Å². The average Bonchev–Trinajstić information content (AvgIpc) is 3.12. The molecule has 2 aromatic rings. The summed E-state index contributed by atoms with van der Waals surface area (Å²) in [6.45, 7) is -0.109. The molecule has 0 radical (unpaired) electrons. The van der Waals surface area contributed by atoms with Crippen molar-refractivity contribution in [2.45, 2.75) is 32.1 Å². The Labute approximate surface area is 197 Å². The van der Waals surface area contributed by atoms with Gasteiger partial charge in [-0.2, -0.15) is 0 Å². The lowest BCUT2D eigenvalue weighted by Crippen LogP contribution is -2.36. The maximum atomic E-state index is 12.5. The number of hydrogen-bond donors (Lipinski definition) is 2. The van der Waals surface area contributed by atoms with Crippen LogP contribution >= 0.6 is 27.3 Å². The summed E-state index contributed by atoms with van der Waals surface area (Å²) in [6.07, 6.45) is 5.20. The molecule has 172 valence electrons. The predicted octanol–water partition coefficient (Wildman–Crippen LogP) is 5.49. The van der Waals surface area contributed by atoms with Gasteiger partial charge in [0.25, 0.3) is 0 Å². The van der Waals surface area contributed by atoms with Crippen LogP contribution in [-0.4, -0.2) is 48.5 Å². The summed E-state index contributed by atoms with van der Waals surface area (Å²) in [4.78, 5) is 37.2. The molecule has 1 aromatic heterocycles. The minimum atomic E-state index is -1.22. The van der Waals surface area contributed by atoms with E-state index in [1.54, 1.807) is 23.1 Å². The Bertz CT molecular complexity index is 1000. The molecule has 1 aliphatic rings. The third kappa shape index (κ3) is 5.60. The summed E-state index contributed by atoms with van der Waals surface area (Å²) in [5.74, 6) is -2.06. The number of ether oxygens (including phenoxy) is 2. The van der Waals surface area contributed by atoms with Gasteiger partial charge in [-0.15, -0.1) is 11.3 Å². The van der Waals surface area contributed by atoms with Gasteiger partial charge >= 0.3 is 18.0 Å². The molecule has 3 rings (SSSR count). The van der Waals surface area contributed by atoms with Gasteiger partial charge < -0.3 is 19.7 Å². The van der Waals surface area contributed by atoms with Crippen LogP contribution in [0.15, 0.2) is 28.7 Å². The van der Waals surface area contributed by atoms with Crippen molar-refractivity contribution in [2.75, 3.05) is 25.2 Å². The Balaban J connectivity index is 1.96. The summed E-state index contributed by atoms with van der Waals surface area (Å²) in [5.41, 5.74) is 1.31. The first kappa shape index (κ1) is 24.1. The van der Waals surface area contributed by atoms with Crippen LogP contribution < -0.4 is 9.64 Å². The van der Waals surface area contributed by atoms with Crippen LogP contribution in [-0.2, 0) is 9.53 Å². The fourth-order valence-corrected chi connectivity index (χ4v) is 5.71. The number of aromatic carboxylic acids is 1. The number of amides is 1. The molecule has 10 heteroatoms. The second kappa shape index (κ2) is 10.8. The zero-order chi connectivity index (χ0) is 23.3. The predicted molar refractivity (Wildman–Crippen MR) is 124 cm³/mol. The van der Waals surface area contributed by atoms with E-state index in [2.05, 4.69) is 15.9 Å². The van der Waals surface area contributed by atoms with Crippen LogP contribution in [0, 0.1) is 5.92 Å². The van der Waals surface area contributed by atoms with E-state index in [1.165, 1.54) is 13.5 Å². The zero-order valence-electron chi connectivity index (χ0n) is 17.5. The fraction of sp³-hybridized carbons (Fsp3) is 0.409. The first-order valence-electron chi connectivity index (χ1n) is 10.2. The molecule has 1 saturated carbocycles. The van der Waals surface area contributed by atoms with Crippen molar-refractivity contribution in [3.8, 4) is 16.2 Å². The number of halogens is 1. The molecular formula is C22H24BrNO7S. The standard InChI is InChI=1S/C22H24BrNO7S/c1-30-22(29)24(11-13-6-3-2-4-7-13)15-9-5-8-14(10-15)19-17(23)18(31-12-16(25)26)20(32-19)21(27)28/h5,8-10,13H,2-4,6-7,11-12H2,1H3,(H,25,26)(H,27,28). The maximum Gasteiger partial charge on any atom is 0.414 e. The second-order valence-corrected chi connectivity index (χ2v) is 9.34. The summed E-state index contributed by atoms with van der Waals surface area (Å²) in [7, 11) is 1.35. The Hall–Kier alpha value is -2.59. The number of thiophene rings is 1. The molecule has 0 bridgehead atoms. The van der Waals surface area contributed by atoms with Crippen molar-refractivity contribution in [1.82, 2.24) is 0 Å². The lowest BCUT2D eigenvalue weighted by Gasteiger charge is -2.29. The normalized spacial score (nSPS) is 14.1. The monoisotopic (exact) mass is 525 g/mol. The van der Waals surface area contributed by atoms with Crippen LogP contribution in [0.2, 0.25) is 0 Å². The van der Waals surface area contributed by atoms with Crippen molar-refractivity contribution in [3.63, 3.8) is 0 Å². The number of carboxylic acids is 2. The number of rotatable bonds is 8. The molecule has 0 aliphatic heterocycles. The fourth-order valence-electron chi connectivity index (χ4n) is 3.82. The Kier molecular flexibility index (Phi) is 8.14. The van der Waals surface area contributed by atoms with Gasteiger partial charge in [-0.3, -0.25) is 4.90 Å². The van der Waals surface area contributed by atoms with Gasteiger partial charge in [-0.05, 0) is 52.4 Å². The van der Waals surface area contributed by atoms with E-state index < -0.39 is 24.6 Å². The van der Waals surface area contributed by atoms with Crippen molar-refractivity contribution < 1.29 is 34.1 Å². The van der Waals surface area contributed by atoms with Gasteiger partial charge in [0.15, 0.2) is 17.2 Å². The molecule has 1 amide bonds. The van der Waals surface area contributed by atoms with E-state index in [0.29, 0.717) is 33.1 Å². The maximum absolute atomic E-state index is 12.5. The highest BCUT2D eigenvalue weighted by Gasteiger charge is 2.26. The highest BCUT2D eigenvalue weighted by molar-refractivity contribution is 9.10.